The first-order valence-electron chi connectivity index (χ1n) is 4.30. The van der Waals surface area contributed by atoms with Gasteiger partial charge in [-0.25, -0.2) is 9.97 Å². The van der Waals surface area contributed by atoms with E-state index in [1.54, 1.807) is 6.20 Å². The maximum absolute atomic E-state index is 8.94. The molecule has 0 aromatic carbocycles. The van der Waals surface area contributed by atoms with Crippen molar-refractivity contribution in [2.24, 2.45) is 0 Å². The fraction of sp³-hybridized carbons (Fsp3) is 0.222. The van der Waals surface area contributed by atoms with Crippen LogP contribution >= 0.6 is 23.3 Å². The second kappa shape index (κ2) is 4.69. The summed E-state index contributed by atoms with van der Waals surface area (Å²) < 4.78 is 4.80. The van der Waals surface area contributed by atoms with E-state index in [1.165, 1.54) is 29.6 Å². The Hall–Kier alpha value is -0.980. The average Bonchev–Trinajstić information content (AvgIpc) is 2.74. The minimum absolute atomic E-state index is 0.0254. The third-order valence-electron chi connectivity index (χ3n) is 1.79. The van der Waals surface area contributed by atoms with Gasteiger partial charge in [-0.05, 0) is 47.4 Å². The summed E-state index contributed by atoms with van der Waals surface area (Å²) in [6.45, 7) is 1.99. The average molecular weight is 239 g/mol. The first kappa shape index (κ1) is 10.5. The van der Waals surface area contributed by atoms with Gasteiger partial charge in [0, 0.05) is 6.20 Å². The molecule has 6 heteroatoms. The molecular formula is C9H9N3OS2. The number of hydrogen-bond acceptors (Lipinski definition) is 6. The van der Waals surface area contributed by atoms with Crippen molar-refractivity contribution in [2.75, 3.05) is 0 Å². The Bertz CT molecular complexity index is 445. The predicted molar refractivity (Wildman–Crippen MR) is 58.9 cm³/mol. The first-order valence-corrected chi connectivity index (χ1v) is 5.89. The lowest BCUT2D eigenvalue weighted by molar-refractivity contribution is 0.281. The molecule has 0 aliphatic carbocycles. The van der Waals surface area contributed by atoms with Crippen molar-refractivity contribution in [3.05, 3.63) is 29.7 Å². The van der Waals surface area contributed by atoms with Crippen molar-refractivity contribution < 1.29 is 5.11 Å². The summed E-state index contributed by atoms with van der Waals surface area (Å²) in [6, 6.07) is 1.93. The quantitative estimate of drug-likeness (QED) is 0.886. The van der Waals surface area contributed by atoms with Crippen LogP contribution in [0.4, 0.5) is 0 Å². The molecule has 4 nitrogen and oxygen atoms in total. The van der Waals surface area contributed by atoms with Crippen LogP contribution in [-0.4, -0.2) is 19.4 Å². The van der Waals surface area contributed by atoms with E-state index in [0.29, 0.717) is 0 Å². The molecule has 0 amide bonds. The van der Waals surface area contributed by atoms with E-state index in [4.69, 9.17) is 5.11 Å². The maximum Gasteiger partial charge on any atom is 0.176 e. The Labute approximate surface area is 95.6 Å². The van der Waals surface area contributed by atoms with Crippen molar-refractivity contribution in [2.45, 2.75) is 22.9 Å². The van der Waals surface area contributed by atoms with E-state index in [2.05, 4.69) is 14.3 Å². The number of nitrogens with zero attached hydrogens (tertiary/aromatic N) is 3. The first-order chi connectivity index (χ1) is 7.29. The largest absolute Gasteiger partial charge is 0.392 e. The number of aryl methyl sites for hydroxylation is 1. The van der Waals surface area contributed by atoms with Crippen LogP contribution in [0.2, 0.25) is 0 Å². The van der Waals surface area contributed by atoms with Crippen LogP contribution in [0.25, 0.3) is 0 Å². The SMILES string of the molecule is Cc1cc(CO)cnc1Sc1ncns1. The Balaban J connectivity index is 2.22. The third-order valence-corrected chi connectivity index (χ3v) is 3.63. The minimum Gasteiger partial charge on any atom is -0.392 e. The van der Waals surface area contributed by atoms with E-state index in [-0.39, 0.29) is 6.61 Å². The van der Waals surface area contributed by atoms with Gasteiger partial charge in [0.15, 0.2) is 4.34 Å². The Morgan fingerprint density at radius 1 is 1.47 bits per heavy atom. The van der Waals surface area contributed by atoms with Gasteiger partial charge in [-0.3, -0.25) is 0 Å². The molecule has 0 radical (unpaired) electrons. The van der Waals surface area contributed by atoms with Crippen molar-refractivity contribution in [1.29, 1.82) is 0 Å². The predicted octanol–water partition coefficient (Wildman–Crippen LogP) is 1.89. The van der Waals surface area contributed by atoms with Crippen LogP contribution in [0.1, 0.15) is 11.1 Å². The van der Waals surface area contributed by atoms with E-state index in [9.17, 15) is 0 Å². The zero-order chi connectivity index (χ0) is 10.7. The molecule has 15 heavy (non-hydrogen) atoms. The highest BCUT2D eigenvalue weighted by atomic mass is 32.2. The molecule has 0 atom stereocenters. The van der Waals surface area contributed by atoms with E-state index in [1.807, 2.05) is 13.0 Å². The molecule has 0 fully saturated rings. The van der Waals surface area contributed by atoms with Gasteiger partial charge in [0.2, 0.25) is 0 Å². The van der Waals surface area contributed by atoms with E-state index < -0.39 is 0 Å². The molecule has 0 bridgehead atoms. The summed E-state index contributed by atoms with van der Waals surface area (Å²) in [4.78, 5) is 8.34. The molecular weight excluding hydrogens is 230 g/mol. The molecule has 0 spiro atoms. The lowest BCUT2D eigenvalue weighted by Gasteiger charge is -2.03. The van der Waals surface area contributed by atoms with Crippen molar-refractivity contribution in [3.8, 4) is 0 Å². The topological polar surface area (TPSA) is 58.9 Å². The van der Waals surface area contributed by atoms with Gasteiger partial charge >= 0.3 is 0 Å². The molecule has 0 saturated heterocycles. The van der Waals surface area contributed by atoms with Gasteiger partial charge in [0.25, 0.3) is 0 Å². The summed E-state index contributed by atoms with van der Waals surface area (Å²) >= 11 is 2.84. The summed E-state index contributed by atoms with van der Waals surface area (Å²) in [5, 5.41) is 9.85. The van der Waals surface area contributed by atoms with Gasteiger partial charge in [-0.2, -0.15) is 4.37 Å². The Morgan fingerprint density at radius 3 is 2.93 bits per heavy atom. The van der Waals surface area contributed by atoms with Gasteiger partial charge in [-0.15, -0.1) is 0 Å². The molecule has 2 heterocycles. The third kappa shape index (κ3) is 2.53. The van der Waals surface area contributed by atoms with E-state index in [0.717, 1.165) is 20.5 Å². The molecule has 0 aliphatic rings. The fourth-order valence-electron chi connectivity index (χ4n) is 1.10. The summed E-state index contributed by atoms with van der Waals surface area (Å²) in [5.41, 5.74) is 1.87. The molecule has 0 saturated carbocycles. The van der Waals surface area contributed by atoms with Crippen LogP contribution in [-0.2, 0) is 6.61 Å². The lowest BCUT2D eigenvalue weighted by atomic mass is 10.2. The molecule has 0 unspecified atom stereocenters. The van der Waals surface area contributed by atoms with Crippen molar-refractivity contribution in [3.63, 3.8) is 0 Å². The number of aliphatic hydroxyl groups is 1. The molecule has 0 aliphatic heterocycles. The van der Waals surface area contributed by atoms with Crippen LogP contribution in [0.15, 0.2) is 28.0 Å². The number of hydrogen-bond donors (Lipinski definition) is 1. The summed E-state index contributed by atoms with van der Waals surface area (Å²) in [7, 11) is 0. The van der Waals surface area contributed by atoms with Gasteiger partial charge in [0.1, 0.15) is 11.4 Å². The standard InChI is InChI=1S/C9H9N3OS2/c1-6-2-7(4-13)3-10-8(6)14-9-11-5-12-15-9/h2-3,5,13H,4H2,1H3. The maximum atomic E-state index is 8.94. The number of aromatic nitrogens is 3. The fourth-order valence-corrected chi connectivity index (χ4v) is 2.49. The van der Waals surface area contributed by atoms with Crippen LogP contribution < -0.4 is 0 Å². The zero-order valence-corrected chi connectivity index (χ0v) is 9.68. The van der Waals surface area contributed by atoms with Crippen LogP contribution in [0.5, 0.6) is 0 Å². The molecule has 78 valence electrons. The highest BCUT2D eigenvalue weighted by molar-refractivity contribution is 8.00. The highest BCUT2D eigenvalue weighted by Gasteiger charge is 2.06. The summed E-state index contributed by atoms with van der Waals surface area (Å²) in [5.74, 6) is 0. The Morgan fingerprint density at radius 2 is 2.33 bits per heavy atom. The van der Waals surface area contributed by atoms with Crippen molar-refractivity contribution >= 4 is 23.3 Å². The van der Waals surface area contributed by atoms with Gasteiger partial charge in [-0.1, -0.05) is 0 Å². The second-order valence-corrected chi connectivity index (χ2v) is 4.95. The lowest BCUT2D eigenvalue weighted by Crippen LogP contribution is -1.90. The minimum atomic E-state index is 0.0254. The van der Waals surface area contributed by atoms with Gasteiger partial charge in [0.05, 0.1) is 6.61 Å². The second-order valence-electron chi connectivity index (χ2n) is 2.93. The summed E-state index contributed by atoms with van der Waals surface area (Å²) in [6.07, 6.45) is 3.21. The van der Waals surface area contributed by atoms with Crippen LogP contribution in [0.3, 0.4) is 0 Å². The van der Waals surface area contributed by atoms with Gasteiger partial charge < -0.3 is 5.11 Å². The zero-order valence-electron chi connectivity index (χ0n) is 8.04. The molecule has 2 rings (SSSR count). The smallest absolute Gasteiger partial charge is 0.176 e. The number of rotatable bonds is 3. The highest BCUT2D eigenvalue weighted by Crippen LogP contribution is 2.28. The Kier molecular flexibility index (Phi) is 3.30. The normalized spacial score (nSPS) is 10.5. The molecule has 1 N–H and O–H groups in total. The molecule has 2 aromatic rings. The van der Waals surface area contributed by atoms with Crippen molar-refractivity contribution in [1.82, 2.24) is 14.3 Å². The number of pyridine rings is 1. The number of aliphatic hydroxyl groups excluding tert-OH is 1. The van der Waals surface area contributed by atoms with E-state index >= 15 is 0 Å². The van der Waals surface area contributed by atoms with Crippen LogP contribution in [0, 0.1) is 6.92 Å². The molecule has 2 aromatic heterocycles. The monoisotopic (exact) mass is 239 g/mol.